The van der Waals surface area contributed by atoms with Gasteiger partial charge < -0.3 is 10.2 Å². The minimum Gasteiger partial charge on any atom is -0.317 e. The Morgan fingerprint density at radius 2 is 1.46 bits per heavy atom. The highest BCUT2D eigenvalue weighted by atomic mass is 16.2. The lowest BCUT2D eigenvalue weighted by Crippen LogP contribution is -2.54. The van der Waals surface area contributed by atoms with Crippen molar-refractivity contribution in [3.8, 4) is 0 Å². The van der Waals surface area contributed by atoms with E-state index in [1.54, 1.807) is 0 Å². The lowest BCUT2D eigenvalue weighted by atomic mass is 9.81. The van der Waals surface area contributed by atoms with Crippen molar-refractivity contribution in [2.75, 3.05) is 13.1 Å². The minimum atomic E-state index is -0.610. The summed E-state index contributed by atoms with van der Waals surface area (Å²) in [5.74, 6) is 0. The van der Waals surface area contributed by atoms with E-state index in [0.29, 0.717) is 0 Å². The number of carbonyl (C=O) groups is 1. The molecule has 2 aromatic rings. The van der Waals surface area contributed by atoms with Crippen molar-refractivity contribution in [3.63, 3.8) is 0 Å². The summed E-state index contributed by atoms with van der Waals surface area (Å²) in [5.41, 5.74) is 1.57. The third-order valence-corrected chi connectivity index (χ3v) is 5.05. The number of amides is 2. The van der Waals surface area contributed by atoms with E-state index < -0.39 is 5.54 Å². The molecule has 0 aromatic heterocycles. The zero-order valence-corrected chi connectivity index (χ0v) is 13.6. The van der Waals surface area contributed by atoms with Gasteiger partial charge in [-0.05, 0) is 37.1 Å². The van der Waals surface area contributed by atoms with Crippen molar-refractivity contribution in [1.29, 1.82) is 0 Å². The van der Waals surface area contributed by atoms with Crippen LogP contribution in [0.25, 0.3) is 0 Å². The largest absolute Gasteiger partial charge is 0.344 e. The molecular weight excluding hydrogens is 298 g/mol. The van der Waals surface area contributed by atoms with Crippen LogP contribution in [0, 0.1) is 0 Å². The predicted molar refractivity (Wildman–Crippen MR) is 95.3 cm³/mol. The van der Waals surface area contributed by atoms with E-state index in [2.05, 4.69) is 34.6 Å². The van der Waals surface area contributed by atoms with Crippen LogP contribution in [0.5, 0.6) is 0 Å². The van der Waals surface area contributed by atoms with Gasteiger partial charge in [-0.25, -0.2) is 9.79 Å². The molecular formula is C20H21N3O. The van der Waals surface area contributed by atoms with Crippen LogP contribution in [0.1, 0.15) is 24.0 Å². The SMILES string of the molecule is O=C1N=CC(c2ccccc2)(c2ccccc2)N1C1CCNCC1. The summed E-state index contributed by atoms with van der Waals surface area (Å²) in [7, 11) is 0. The van der Waals surface area contributed by atoms with E-state index >= 15 is 0 Å². The maximum Gasteiger partial charge on any atom is 0.344 e. The van der Waals surface area contributed by atoms with Gasteiger partial charge in [0.2, 0.25) is 0 Å². The number of hydrogen-bond acceptors (Lipinski definition) is 2. The Morgan fingerprint density at radius 1 is 0.917 bits per heavy atom. The molecule has 2 heterocycles. The molecule has 0 saturated carbocycles. The number of piperidine rings is 1. The van der Waals surface area contributed by atoms with Crippen molar-refractivity contribution in [3.05, 3.63) is 71.8 Å². The zero-order valence-electron chi connectivity index (χ0n) is 13.6. The highest BCUT2D eigenvalue weighted by Gasteiger charge is 2.48. The molecule has 1 N–H and O–H groups in total. The Hall–Kier alpha value is -2.46. The second kappa shape index (κ2) is 6.21. The first kappa shape index (κ1) is 15.1. The van der Waals surface area contributed by atoms with Gasteiger partial charge in [0, 0.05) is 12.3 Å². The molecule has 2 amide bonds. The smallest absolute Gasteiger partial charge is 0.317 e. The molecule has 4 heteroatoms. The second-order valence-corrected chi connectivity index (χ2v) is 6.39. The van der Waals surface area contributed by atoms with Gasteiger partial charge in [0.15, 0.2) is 0 Å². The maximum absolute atomic E-state index is 12.7. The number of urea groups is 1. The van der Waals surface area contributed by atoms with Crippen molar-refractivity contribution in [1.82, 2.24) is 10.2 Å². The third-order valence-electron chi connectivity index (χ3n) is 5.05. The summed E-state index contributed by atoms with van der Waals surface area (Å²) in [6, 6.07) is 20.5. The molecule has 24 heavy (non-hydrogen) atoms. The molecule has 0 radical (unpaired) electrons. The molecule has 122 valence electrons. The van der Waals surface area contributed by atoms with E-state index in [4.69, 9.17) is 0 Å². The summed E-state index contributed by atoms with van der Waals surface area (Å²) in [5, 5.41) is 3.38. The first-order valence-corrected chi connectivity index (χ1v) is 8.52. The number of nitrogens with zero attached hydrogens (tertiary/aromatic N) is 2. The van der Waals surface area contributed by atoms with E-state index in [1.807, 2.05) is 47.5 Å². The van der Waals surface area contributed by atoms with Crippen LogP contribution in [0.3, 0.4) is 0 Å². The van der Waals surface area contributed by atoms with E-state index in [0.717, 1.165) is 37.1 Å². The van der Waals surface area contributed by atoms with Crippen LogP contribution in [0.2, 0.25) is 0 Å². The Labute approximate surface area is 142 Å². The quantitative estimate of drug-likeness (QED) is 0.944. The number of carbonyl (C=O) groups excluding carboxylic acids is 1. The fourth-order valence-electron chi connectivity index (χ4n) is 3.91. The lowest BCUT2D eigenvalue weighted by molar-refractivity contribution is 0.135. The normalized spacial score (nSPS) is 20.5. The Morgan fingerprint density at radius 3 is 2.00 bits per heavy atom. The number of nitrogens with one attached hydrogen (secondary N) is 1. The van der Waals surface area contributed by atoms with Gasteiger partial charge in [-0.1, -0.05) is 60.7 Å². The van der Waals surface area contributed by atoms with Crippen molar-refractivity contribution < 1.29 is 4.79 Å². The van der Waals surface area contributed by atoms with Crippen LogP contribution in [0.15, 0.2) is 65.7 Å². The van der Waals surface area contributed by atoms with Crippen LogP contribution >= 0.6 is 0 Å². The molecule has 2 aliphatic heterocycles. The Balaban J connectivity index is 1.88. The monoisotopic (exact) mass is 319 g/mol. The van der Waals surface area contributed by atoms with Crippen molar-refractivity contribution in [2.24, 2.45) is 4.99 Å². The highest BCUT2D eigenvalue weighted by Crippen LogP contribution is 2.41. The van der Waals surface area contributed by atoms with Crippen LogP contribution in [-0.4, -0.2) is 36.3 Å². The van der Waals surface area contributed by atoms with Crippen molar-refractivity contribution in [2.45, 2.75) is 24.4 Å². The predicted octanol–water partition coefficient (Wildman–Crippen LogP) is 3.19. The van der Waals surface area contributed by atoms with Gasteiger partial charge in [0.25, 0.3) is 0 Å². The summed E-state index contributed by atoms with van der Waals surface area (Å²) in [4.78, 5) is 19.0. The van der Waals surface area contributed by atoms with Crippen LogP contribution < -0.4 is 5.32 Å². The number of hydrogen-bond donors (Lipinski definition) is 1. The van der Waals surface area contributed by atoms with Gasteiger partial charge in [-0.15, -0.1) is 0 Å². The van der Waals surface area contributed by atoms with Gasteiger partial charge in [-0.2, -0.15) is 0 Å². The number of rotatable bonds is 3. The highest BCUT2D eigenvalue weighted by molar-refractivity contribution is 5.99. The second-order valence-electron chi connectivity index (χ2n) is 6.39. The maximum atomic E-state index is 12.7. The van der Waals surface area contributed by atoms with E-state index in [1.165, 1.54) is 0 Å². The van der Waals surface area contributed by atoms with Gasteiger partial charge in [-0.3, -0.25) is 0 Å². The molecule has 1 saturated heterocycles. The number of aliphatic imine (C=N–C) groups is 1. The van der Waals surface area contributed by atoms with Crippen LogP contribution in [-0.2, 0) is 5.54 Å². The summed E-state index contributed by atoms with van der Waals surface area (Å²) in [6.45, 7) is 1.88. The molecule has 1 fully saturated rings. The first-order valence-electron chi connectivity index (χ1n) is 8.52. The summed E-state index contributed by atoms with van der Waals surface area (Å²) in [6.07, 6.45) is 3.75. The standard InChI is InChI=1S/C20H21N3O/c24-19-22-15-20(16-7-3-1-4-8-16,17-9-5-2-6-10-17)23(19)18-11-13-21-14-12-18/h1-10,15,18,21H,11-14H2. The van der Waals surface area contributed by atoms with Crippen LogP contribution in [0.4, 0.5) is 4.79 Å². The Bertz CT molecular complexity index is 696. The lowest BCUT2D eigenvalue weighted by Gasteiger charge is -2.43. The molecule has 4 nitrogen and oxygen atoms in total. The number of benzene rings is 2. The molecule has 4 rings (SSSR count). The fraction of sp³-hybridized carbons (Fsp3) is 0.300. The zero-order chi connectivity index (χ0) is 16.4. The van der Waals surface area contributed by atoms with E-state index in [9.17, 15) is 4.79 Å². The van der Waals surface area contributed by atoms with Gasteiger partial charge in [0.05, 0.1) is 0 Å². The molecule has 0 atom stereocenters. The summed E-state index contributed by atoms with van der Waals surface area (Å²) >= 11 is 0. The third kappa shape index (κ3) is 2.34. The topological polar surface area (TPSA) is 44.7 Å². The van der Waals surface area contributed by atoms with Gasteiger partial charge >= 0.3 is 6.03 Å². The fourth-order valence-corrected chi connectivity index (χ4v) is 3.91. The van der Waals surface area contributed by atoms with Crippen molar-refractivity contribution >= 4 is 12.2 Å². The van der Waals surface area contributed by atoms with E-state index in [-0.39, 0.29) is 12.1 Å². The molecule has 0 aliphatic carbocycles. The molecule has 0 unspecified atom stereocenters. The van der Waals surface area contributed by atoms with Gasteiger partial charge in [0.1, 0.15) is 5.54 Å². The Kier molecular flexibility index (Phi) is 3.90. The average molecular weight is 319 g/mol. The molecule has 0 spiro atoms. The molecule has 2 aliphatic rings. The first-order chi connectivity index (χ1) is 11.8. The molecule has 0 bridgehead atoms. The summed E-state index contributed by atoms with van der Waals surface area (Å²) < 4.78 is 0. The molecule has 2 aromatic carbocycles. The minimum absolute atomic E-state index is 0.130. The average Bonchev–Trinajstić information content (AvgIpc) is 3.02.